The van der Waals surface area contributed by atoms with E-state index < -0.39 is 6.61 Å². The molecule has 5 heteroatoms. The van der Waals surface area contributed by atoms with E-state index in [-0.39, 0.29) is 11.8 Å². The van der Waals surface area contributed by atoms with Crippen molar-refractivity contribution in [3.63, 3.8) is 0 Å². The van der Waals surface area contributed by atoms with E-state index in [0.717, 1.165) is 12.1 Å². The standard InChI is InChI=1S/C16H24F2N2O/c1-11(20(3)13-8-9-13)10-19-12(2)14-6-4-5-7-15(14)21-16(17)18/h4-7,11-13,16,19H,8-10H2,1-3H3. The third-order valence-corrected chi connectivity index (χ3v) is 4.14. The van der Waals surface area contributed by atoms with Gasteiger partial charge in [-0.05, 0) is 39.8 Å². The van der Waals surface area contributed by atoms with Crippen molar-refractivity contribution in [1.82, 2.24) is 10.2 Å². The molecule has 1 aliphatic rings. The van der Waals surface area contributed by atoms with E-state index >= 15 is 0 Å². The van der Waals surface area contributed by atoms with E-state index in [4.69, 9.17) is 0 Å². The molecule has 0 bridgehead atoms. The molecular weight excluding hydrogens is 274 g/mol. The van der Waals surface area contributed by atoms with Crippen LogP contribution in [0.4, 0.5) is 8.78 Å². The lowest BCUT2D eigenvalue weighted by Gasteiger charge is -2.27. The zero-order valence-corrected chi connectivity index (χ0v) is 12.9. The highest BCUT2D eigenvalue weighted by Crippen LogP contribution is 2.28. The van der Waals surface area contributed by atoms with Gasteiger partial charge in [-0.3, -0.25) is 4.90 Å². The second kappa shape index (κ2) is 7.18. The van der Waals surface area contributed by atoms with E-state index in [2.05, 4.69) is 28.9 Å². The summed E-state index contributed by atoms with van der Waals surface area (Å²) in [6.07, 6.45) is 2.56. The second-order valence-corrected chi connectivity index (χ2v) is 5.79. The number of rotatable bonds is 8. The molecule has 1 N–H and O–H groups in total. The van der Waals surface area contributed by atoms with E-state index in [1.807, 2.05) is 19.1 Å². The first kappa shape index (κ1) is 16.2. The summed E-state index contributed by atoms with van der Waals surface area (Å²) in [7, 11) is 2.14. The fraction of sp³-hybridized carbons (Fsp3) is 0.625. The monoisotopic (exact) mass is 298 g/mol. The molecule has 21 heavy (non-hydrogen) atoms. The highest BCUT2D eigenvalue weighted by atomic mass is 19.3. The van der Waals surface area contributed by atoms with Crippen LogP contribution < -0.4 is 10.1 Å². The molecule has 0 radical (unpaired) electrons. The van der Waals surface area contributed by atoms with Crippen molar-refractivity contribution in [3.8, 4) is 5.75 Å². The van der Waals surface area contributed by atoms with Gasteiger partial charge in [0.25, 0.3) is 0 Å². The molecule has 0 amide bonds. The maximum atomic E-state index is 12.4. The van der Waals surface area contributed by atoms with Crippen LogP contribution in [0.15, 0.2) is 24.3 Å². The molecule has 0 heterocycles. The fourth-order valence-electron chi connectivity index (χ4n) is 2.48. The molecule has 1 aromatic carbocycles. The number of likely N-dealkylation sites (N-methyl/N-ethyl adjacent to an activating group) is 1. The summed E-state index contributed by atoms with van der Waals surface area (Å²) in [4.78, 5) is 2.38. The van der Waals surface area contributed by atoms with Gasteiger partial charge in [0, 0.05) is 30.2 Å². The smallest absolute Gasteiger partial charge is 0.387 e. The summed E-state index contributed by atoms with van der Waals surface area (Å²) in [5, 5.41) is 3.41. The number of halogens is 2. The molecule has 118 valence electrons. The van der Waals surface area contributed by atoms with Gasteiger partial charge in [0.2, 0.25) is 0 Å². The quantitative estimate of drug-likeness (QED) is 0.796. The molecule has 1 fully saturated rings. The number of hydrogen-bond donors (Lipinski definition) is 1. The van der Waals surface area contributed by atoms with E-state index in [1.165, 1.54) is 12.8 Å². The van der Waals surface area contributed by atoms with Crippen molar-refractivity contribution >= 4 is 0 Å². The average Bonchev–Trinajstić information content (AvgIpc) is 3.28. The molecule has 1 aromatic rings. The van der Waals surface area contributed by atoms with Gasteiger partial charge >= 0.3 is 6.61 Å². The van der Waals surface area contributed by atoms with Gasteiger partial charge in [-0.25, -0.2) is 0 Å². The van der Waals surface area contributed by atoms with Crippen LogP contribution in [-0.2, 0) is 0 Å². The molecule has 2 atom stereocenters. The molecule has 1 aliphatic carbocycles. The first-order valence-corrected chi connectivity index (χ1v) is 7.48. The zero-order chi connectivity index (χ0) is 15.4. The van der Waals surface area contributed by atoms with Crippen LogP contribution in [0.25, 0.3) is 0 Å². The maximum Gasteiger partial charge on any atom is 0.387 e. The third kappa shape index (κ3) is 4.64. The minimum atomic E-state index is -2.79. The van der Waals surface area contributed by atoms with Crippen LogP contribution in [-0.4, -0.2) is 37.2 Å². The van der Waals surface area contributed by atoms with Gasteiger partial charge in [-0.2, -0.15) is 8.78 Å². The molecule has 3 nitrogen and oxygen atoms in total. The Kier molecular flexibility index (Phi) is 5.53. The predicted molar refractivity (Wildman–Crippen MR) is 79.7 cm³/mol. The predicted octanol–water partition coefficient (Wildman–Crippen LogP) is 3.42. The molecule has 0 aliphatic heterocycles. The zero-order valence-electron chi connectivity index (χ0n) is 12.9. The van der Waals surface area contributed by atoms with Crippen LogP contribution in [0.2, 0.25) is 0 Å². The fourth-order valence-corrected chi connectivity index (χ4v) is 2.48. The highest BCUT2D eigenvalue weighted by molar-refractivity contribution is 5.35. The van der Waals surface area contributed by atoms with E-state index in [1.54, 1.807) is 12.1 Å². The number of para-hydroxylation sites is 1. The molecule has 2 unspecified atom stereocenters. The minimum Gasteiger partial charge on any atom is -0.434 e. The van der Waals surface area contributed by atoms with Crippen molar-refractivity contribution in [2.75, 3.05) is 13.6 Å². The molecule has 1 saturated carbocycles. The molecule has 0 aromatic heterocycles. The largest absolute Gasteiger partial charge is 0.434 e. The number of benzene rings is 1. The number of ether oxygens (including phenoxy) is 1. The van der Waals surface area contributed by atoms with Gasteiger partial charge in [-0.1, -0.05) is 18.2 Å². The van der Waals surface area contributed by atoms with Crippen molar-refractivity contribution in [2.24, 2.45) is 0 Å². The van der Waals surface area contributed by atoms with Crippen LogP contribution in [0.3, 0.4) is 0 Å². The van der Waals surface area contributed by atoms with Crippen LogP contribution in [0.5, 0.6) is 5.75 Å². The summed E-state index contributed by atoms with van der Waals surface area (Å²) >= 11 is 0. The van der Waals surface area contributed by atoms with E-state index in [9.17, 15) is 8.78 Å². The molecule has 0 saturated heterocycles. The number of alkyl halides is 2. The SMILES string of the molecule is CC(NCC(C)N(C)C1CC1)c1ccccc1OC(F)F. The first-order valence-electron chi connectivity index (χ1n) is 7.48. The second-order valence-electron chi connectivity index (χ2n) is 5.79. The summed E-state index contributed by atoms with van der Waals surface area (Å²) in [6.45, 7) is 2.17. The molecular formula is C16H24F2N2O. The summed E-state index contributed by atoms with van der Waals surface area (Å²) in [5.74, 6) is 0.246. The van der Waals surface area contributed by atoms with Crippen molar-refractivity contribution in [3.05, 3.63) is 29.8 Å². The van der Waals surface area contributed by atoms with Gasteiger partial charge in [0.1, 0.15) is 5.75 Å². The van der Waals surface area contributed by atoms with E-state index in [0.29, 0.717) is 12.1 Å². The summed E-state index contributed by atoms with van der Waals surface area (Å²) in [6, 6.07) is 8.05. The van der Waals surface area contributed by atoms with Crippen molar-refractivity contribution in [2.45, 2.75) is 51.4 Å². The lowest BCUT2D eigenvalue weighted by Crippen LogP contribution is -2.39. The van der Waals surface area contributed by atoms with Crippen LogP contribution in [0.1, 0.15) is 38.3 Å². The van der Waals surface area contributed by atoms with Gasteiger partial charge in [0.15, 0.2) is 0 Å². The maximum absolute atomic E-state index is 12.4. The highest BCUT2D eigenvalue weighted by Gasteiger charge is 2.29. The Morgan fingerprint density at radius 3 is 2.57 bits per heavy atom. The summed E-state index contributed by atoms with van der Waals surface area (Å²) in [5.41, 5.74) is 0.763. The normalized spacial score (nSPS) is 18.0. The van der Waals surface area contributed by atoms with Crippen molar-refractivity contribution in [1.29, 1.82) is 0 Å². The lowest BCUT2D eigenvalue weighted by atomic mass is 10.1. The molecule has 2 rings (SSSR count). The van der Waals surface area contributed by atoms with Crippen LogP contribution >= 0.6 is 0 Å². The number of hydrogen-bond acceptors (Lipinski definition) is 3. The van der Waals surface area contributed by atoms with Gasteiger partial charge in [0.05, 0.1) is 0 Å². The van der Waals surface area contributed by atoms with Gasteiger partial charge in [-0.15, -0.1) is 0 Å². The van der Waals surface area contributed by atoms with Crippen molar-refractivity contribution < 1.29 is 13.5 Å². The Labute approximate surface area is 125 Å². The third-order valence-electron chi connectivity index (χ3n) is 4.14. The first-order chi connectivity index (χ1) is 9.99. The summed E-state index contributed by atoms with van der Waals surface area (Å²) < 4.78 is 29.4. The Morgan fingerprint density at radius 2 is 1.95 bits per heavy atom. The lowest BCUT2D eigenvalue weighted by molar-refractivity contribution is -0.0506. The average molecular weight is 298 g/mol. The molecule has 0 spiro atoms. The number of nitrogens with zero attached hydrogens (tertiary/aromatic N) is 1. The Bertz CT molecular complexity index is 452. The van der Waals surface area contributed by atoms with Crippen LogP contribution in [0, 0.1) is 0 Å². The Balaban J connectivity index is 1.91. The topological polar surface area (TPSA) is 24.5 Å². The number of nitrogens with one attached hydrogen (secondary N) is 1. The Morgan fingerprint density at radius 1 is 1.29 bits per heavy atom. The Hall–Kier alpha value is -1.20. The minimum absolute atomic E-state index is 0.0324. The van der Waals surface area contributed by atoms with Gasteiger partial charge < -0.3 is 10.1 Å².